The Balaban J connectivity index is 1.49. The van der Waals surface area contributed by atoms with Crippen molar-refractivity contribution < 1.29 is 27.8 Å². The average molecular weight is 502 g/mol. The Morgan fingerprint density at radius 1 is 1.14 bits per heavy atom. The first-order valence-electron chi connectivity index (χ1n) is 12.3. The fourth-order valence-corrected chi connectivity index (χ4v) is 4.80. The maximum atomic E-state index is 12.9. The lowest BCUT2D eigenvalue weighted by Crippen LogP contribution is -2.10. The van der Waals surface area contributed by atoms with Gasteiger partial charge in [-0.1, -0.05) is 37.5 Å². The molecule has 1 fully saturated rings. The Bertz CT molecular complexity index is 1180. The quantitative estimate of drug-likeness (QED) is 0.349. The first-order chi connectivity index (χ1) is 17.2. The number of rotatable bonds is 9. The summed E-state index contributed by atoms with van der Waals surface area (Å²) in [6.45, 7) is 2.30. The molecule has 0 aliphatic heterocycles. The first kappa shape index (κ1) is 25.7. The molecule has 0 bridgehead atoms. The highest BCUT2D eigenvalue weighted by Crippen LogP contribution is 2.35. The molecule has 3 aromatic rings. The maximum Gasteiger partial charge on any atom is 0.417 e. The lowest BCUT2D eigenvalue weighted by molar-refractivity contribution is -0.138. The van der Waals surface area contributed by atoms with E-state index in [0.29, 0.717) is 42.5 Å². The van der Waals surface area contributed by atoms with Crippen LogP contribution in [0.5, 0.6) is 5.75 Å². The molecule has 1 aromatic carbocycles. The van der Waals surface area contributed by atoms with Crippen molar-refractivity contribution in [1.29, 1.82) is 0 Å². The summed E-state index contributed by atoms with van der Waals surface area (Å²) in [5, 5.41) is 13.9. The molecule has 0 unspecified atom stereocenters. The van der Waals surface area contributed by atoms with Crippen molar-refractivity contribution in [2.24, 2.45) is 0 Å². The number of aryl methyl sites for hydroxylation is 2. The molecule has 0 saturated heterocycles. The van der Waals surface area contributed by atoms with Gasteiger partial charge in [0.2, 0.25) is 0 Å². The molecular formula is C27H30F3N3O3. The van der Waals surface area contributed by atoms with Gasteiger partial charge in [-0.3, -0.25) is 4.79 Å². The van der Waals surface area contributed by atoms with E-state index >= 15 is 0 Å². The van der Waals surface area contributed by atoms with Crippen LogP contribution < -0.4 is 4.74 Å². The van der Waals surface area contributed by atoms with Gasteiger partial charge >= 0.3 is 12.1 Å². The molecule has 1 saturated carbocycles. The average Bonchev–Trinajstić information content (AvgIpc) is 3.27. The second kappa shape index (κ2) is 11.1. The number of nitrogens with zero attached hydrogens (tertiary/aromatic N) is 3. The SMILES string of the molecule is Cc1cccc(CC(=O)O)c1OCCCc1cn(-c2ccc(C(F)(F)F)cn2)nc1C1CCCCC1. The molecule has 2 heterocycles. The molecule has 9 heteroatoms. The molecular weight excluding hydrogens is 471 g/mol. The zero-order valence-electron chi connectivity index (χ0n) is 20.2. The Morgan fingerprint density at radius 2 is 1.92 bits per heavy atom. The molecule has 1 aliphatic rings. The van der Waals surface area contributed by atoms with Crippen LogP contribution in [0.4, 0.5) is 13.2 Å². The topological polar surface area (TPSA) is 77.2 Å². The number of aliphatic carboxylic acids is 1. The molecule has 2 aromatic heterocycles. The summed E-state index contributed by atoms with van der Waals surface area (Å²) in [7, 11) is 0. The van der Waals surface area contributed by atoms with Gasteiger partial charge in [0.15, 0.2) is 5.82 Å². The Kier molecular flexibility index (Phi) is 7.96. The largest absolute Gasteiger partial charge is 0.493 e. The third-order valence-electron chi connectivity index (χ3n) is 6.60. The molecule has 192 valence electrons. The summed E-state index contributed by atoms with van der Waals surface area (Å²) in [5.74, 6) is 0.369. The monoisotopic (exact) mass is 501 g/mol. The predicted molar refractivity (Wildman–Crippen MR) is 129 cm³/mol. The number of halogens is 3. The summed E-state index contributed by atoms with van der Waals surface area (Å²) in [4.78, 5) is 15.2. The number of ether oxygens (including phenoxy) is 1. The number of pyridine rings is 1. The molecule has 6 nitrogen and oxygen atoms in total. The second-order valence-electron chi connectivity index (χ2n) is 9.31. The fraction of sp³-hybridized carbons (Fsp3) is 0.444. The smallest absolute Gasteiger partial charge is 0.417 e. The zero-order valence-corrected chi connectivity index (χ0v) is 20.2. The molecule has 0 atom stereocenters. The molecule has 0 amide bonds. The minimum Gasteiger partial charge on any atom is -0.493 e. The van der Waals surface area contributed by atoms with Crippen molar-refractivity contribution in [1.82, 2.24) is 14.8 Å². The van der Waals surface area contributed by atoms with Crippen LogP contribution in [-0.2, 0) is 23.8 Å². The lowest BCUT2D eigenvalue weighted by Gasteiger charge is -2.21. The number of hydrogen-bond acceptors (Lipinski definition) is 4. The van der Waals surface area contributed by atoms with Crippen molar-refractivity contribution in [2.45, 2.75) is 70.4 Å². The van der Waals surface area contributed by atoms with Crippen molar-refractivity contribution in [3.05, 3.63) is 70.7 Å². The highest BCUT2D eigenvalue weighted by Gasteiger charge is 2.31. The van der Waals surface area contributed by atoms with E-state index in [1.54, 1.807) is 10.7 Å². The summed E-state index contributed by atoms with van der Waals surface area (Å²) in [6, 6.07) is 7.84. The van der Waals surface area contributed by atoms with Gasteiger partial charge in [-0.25, -0.2) is 9.67 Å². The molecule has 1 N–H and O–H groups in total. The number of carbonyl (C=O) groups is 1. The van der Waals surface area contributed by atoms with E-state index in [2.05, 4.69) is 4.98 Å². The van der Waals surface area contributed by atoms with Crippen molar-refractivity contribution >= 4 is 5.97 Å². The van der Waals surface area contributed by atoms with Crippen LogP contribution in [0.1, 0.15) is 72.4 Å². The Labute approximate surface area is 208 Å². The number of carboxylic acid groups (broad SMARTS) is 1. The van der Waals surface area contributed by atoms with E-state index in [0.717, 1.165) is 54.8 Å². The van der Waals surface area contributed by atoms with Gasteiger partial charge < -0.3 is 9.84 Å². The van der Waals surface area contributed by atoms with E-state index < -0.39 is 17.7 Å². The summed E-state index contributed by atoms with van der Waals surface area (Å²) >= 11 is 0. The van der Waals surface area contributed by atoms with Gasteiger partial charge in [-0.05, 0) is 55.9 Å². The predicted octanol–water partition coefficient (Wildman–Crippen LogP) is 6.28. The van der Waals surface area contributed by atoms with E-state index in [-0.39, 0.29) is 6.42 Å². The van der Waals surface area contributed by atoms with Crippen molar-refractivity contribution in [2.75, 3.05) is 6.61 Å². The Morgan fingerprint density at radius 3 is 2.58 bits per heavy atom. The van der Waals surface area contributed by atoms with Crippen LogP contribution in [0.25, 0.3) is 5.82 Å². The number of alkyl halides is 3. The number of hydrogen-bond donors (Lipinski definition) is 1. The third kappa shape index (κ3) is 6.25. The number of benzene rings is 1. The highest BCUT2D eigenvalue weighted by molar-refractivity contribution is 5.71. The van der Waals surface area contributed by atoms with Gasteiger partial charge in [0.05, 0.1) is 24.3 Å². The van der Waals surface area contributed by atoms with Crippen molar-refractivity contribution in [3.63, 3.8) is 0 Å². The van der Waals surface area contributed by atoms with Crippen LogP contribution in [0.15, 0.2) is 42.7 Å². The summed E-state index contributed by atoms with van der Waals surface area (Å²) in [6.07, 6.45) is 5.10. The normalized spacial score (nSPS) is 14.7. The van der Waals surface area contributed by atoms with Crippen LogP contribution in [-0.4, -0.2) is 32.4 Å². The second-order valence-corrected chi connectivity index (χ2v) is 9.31. The summed E-state index contributed by atoms with van der Waals surface area (Å²) < 4.78 is 46.4. The van der Waals surface area contributed by atoms with Gasteiger partial charge in [-0.2, -0.15) is 18.3 Å². The number of aromatic nitrogens is 3. The van der Waals surface area contributed by atoms with E-state index in [4.69, 9.17) is 9.84 Å². The minimum absolute atomic E-state index is 0.101. The minimum atomic E-state index is -4.44. The van der Waals surface area contributed by atoms with Gasteiger partial charge in [0, 0.05) is 23.9 Å². The van der Waals surface area contributed by atoms with Crippen LogP contribution in [0.2, 0.25) is 0 Å². The maximum absolute atomic E-state index is 12.9. The lowest BCUT2D eigenvalue weighted by atomic mass is 9.85. The standard InChI is InChI=1S/C27H30F3N3O3/c1-18-7-5-10-20(15-24(34)35)26(18)36-14-6-11-21-17-33(32-25(21)19-8-3-2-4-9-19)23-13-12-22(16-31-23)27(28,29)30/h5,7,10,12-13,16-17,19H,2-4,6,8-9,11,14-15H2,1H3,(H,34,35). The van der Waals surface area contributed by atoms with Gasteiger partial charge in [-0.15, -0.1) is 0 Å². The van der Waals surface area contributed by atoms with E-state index in [1.165, 1.54) is 12.5 Å². The van der Waals surface area contributed by atoms with Gasteiger partial charge in [0.25, 0.3) is 0 Å². The Hall–Kier alpha value is -3.36. The first-order valence-corrected chi connectivity index (χ1v) is 12.3. The fourth-order valence-electron chi connectivity index (χ4n) is 4.80. The molecule has 1 aliphatic carbocycles. The van der Waals surface area contributed by atoms with Crippen LogP contribution in [0.3, 0.4) is 0 Å². The third-order valence-corrected chi connectivity index (χ3v) is 6.60. The van der Waals surface area contributed by atoms with Gasteiger partial charge in [0.1, 0.15) is 5.75 Å². The molecule has 36 heavy (non-hydrogen) atoms. The summed E-state index contributed by atoms with van der Waals surface area (Å²) in [5.41, 5.74) is 2.77. The zero-order chi connectivity index (χ0) is 25.7. The molecule has 0 spiro atoms. The van der Waals surface area contributed by atoms with E-state index in [1.807, 2.05) is 25.3 Å². The van der Waals surface area contributed by atoms with E-state index in [9.17, 15) is 23.1 Å². The highest BCUT2D eigenvalue weighted by atomic mass is 19.4. The number of carboxylic acids is 1. The number of para-hydroxylation sites is 1. The van der Waals surface area contributed by atoms with Crippen molar-refractivity contribution in [3.8, 4) is 11.6 Å². The van der Waals surface area contributed by atoms with Crippen LogP contribution >= 0.6 is 0 Å². The molecule has 4 rings (SSSR count). The van der Waals surface area contributed by atoms with Crippen LogP contribution in [0, 0.1) is 6.92 Å². The molecule has 0 radical (unpaired) electrons.